The van der Waals surface area contributed by atoms with Crippen LogP contribution in [0.1, 0.15) is 36.4 Å². The lowest BCUT2D eigenvalue weighted by molar-refractivity contribution is -0.0279. The number of phosphoric acid groups is 3. The first kappa shape index (κ1) is 38.1. The Balaban J connectivity index is 1.36. The van der Waals surface area contributed by atoms with Crippen LogP contribution >= 0.6 is 23.5 Å². The number of hydrogen-bond acceptors (Lipinski definition) is 15. The summed E-state index contributed by atoms with van der Waals surface area (Å²) in [6.07, 6.45) is -2.97. The number of azide groups is 2. The van der Waals surface area contributed by atoms with Crippen LogP contribution in [0.5, 0.6) is 0 Å². The van der Waals surface area contributed by atoms with Crippen molar-refractivity contribution in [3.05, 3.63) is 86.1 Å². The zero-order valence-electron chi connectivity index (χ0n) is 25.0. The molecule has 29 heteroatoms. The summed E-state index contributed by atoms with van der Waals surface area (Å²) in [5.74, 6) is 0. The average Bonchev–Trinajstić information content (AvgIpc) is 3.57. The van der Waals surface area contributed by atoms with E-state index in [0.717, 1.165) is 9.13 Å². The van der Waals surface area contributed by atoms with E-state index < -0.39 is 95.9 Å². The Hall–Kier alpha value is -3.69. The number of aromatic nitrogens is 4. The van der Waals surface area contributed by atoms with E-state index in [-0.39, 0.29) is 24.0 Å². The van der Waals surface area contributed by atoms with Crippen LogP contribution in [0.25, 0.3) is 20.9 Å². The number of ether oxygens (including phenoxy) is 2. The Morgan fingerprint density at radius 2 is 1.14 bits per heavy atom. The maximum atomic E-state index is 12.5. The van der Waals surface area contributed by atoms with Gasteiger partial charge in [-0.2, -0.15) is 8.62 Å². The summed E-state index contributed by atoms with van der Waals surface area (Å²) in [7, 11) is -17.2. The molecule has 5 N–H and O–H groups in total. The number of nitrogens with zero attached hydrogens (tertiary/aromatic N) is 8. The largest absolute Gasteiger partial charge is 0.490 e. The molecule has 2 aliphatic rings. The van der Waals surface area contributed by atoms with Gasteiger partial charge in [-0.15, -0.1) is 0 Å². The molecule has 2 aromatic rings. The lowest BCUT2D eigenvalue weighted by Crippen LogP contribution is -2.33. The lowest BCUT2D eigenvalue weighted by Gasteiger charge is -2.21. The van der Waals surface area contributed by atoms with Crippen molar-refractivity contribution in [1.82, 2.24) is 19.1 Å². The van der Waals surface area contributed by atoms with E-state index in [9.17, 15) is 47.6 Å². The quantitative estimate of drug-likeness (QED) is 0.0776. The van der Waals surface area contributed by atoms with Crippen LogP contribution < -0.4 is 22.5 Å². The number of aryl methyl sites for hydroxylation is 2. The minimum Gasteiger partial charge on any atom is -0.352 e. The molecule has 3 unspecified atom stereocenters. The van der Waals surface area contributed by atoms with E-state index in [1.165, 1.54) is 26.2 Å². The van der Waals surface area contributed by atoms with Gasteiger partial charge in [0.25, 0.3) is 11.1 Å². The topological polar surface area (TPSA) is 375 Å². The predicted molar refractivity (Wildman–Crippen MR) is 159 cm³/mol. The zero-order valence-corrected chi connectivity index (χ0v) is 27.7. The van der Waals surface area contributed by atoms with Gasteiger partial charge in [0.1, 0.15) is 12.5 Å². The summed E-state index contributed by atoms with van der Waals surface area (Å²) in [6, 6.07) is -2.23. The van der Waals surface area contributed by atoms with Crippen molar-refractivity contribution < 1.29 is 55.5 Å². The maximum Gasteiger partial charge on any atom is 0.490 e. The van der Waals surface area contributed by atoms with Crippen molar-refractivity contribution in [3.8, 4) is 0 Å². The Kier molecular flexibility index (Phi) is 11.7. The minimum absolute atomic E-state index is 0.133. The first-order chi connectivity index (χ1) is 22.8. The molecule has 0 amide bonds. The molecule has 2 fully saturated rings. The molecule has 2 aromatic heterocycles. The van der Waals surface area contributed by atoms with E-state index in [0.29, 0.717) is 0 Å². The third-order valence-electron chi connectivity index (χ3n) is 6.94. The third-order valence-corrected chi connectivity index (χ3v) is 11.2. The van der Waals surface area contributed by atoms with Crippen molar-refractivity contribution >= 4 is 23.5 Å². The van der Waals surface area contributed by atoms with E-state index in [1.807, 2.05) is 0 Å². The smallest absolute Gasteiger partial charge is 0.352 e. The molecule has 26 nitrogen and oxygen atoms in total. The van der Waals surface area contributed by atoms with Crippen LogP contribution in [-0.2, 0) is 40.8 Å². The third kappa shape index (κ3) is 9.73. The summed E-state index contributed by atoms with van der Waals surface area (Å²) in [4.78, 5) is 87.1. The Morgan fingerprint density at radius 3 is 1.49 bits per heavy atom. The summed E-state index contributed by atoms with van der Waals surface area (Å²) in [6.45, 7) is 0.909. The van der Waals surface area contributed by atoms with Crippen molar-refractivity contribution in [2.24, 2.45) is 10.2 Å². The van der Waals surface area contributed by atoms with Crippen LogP contribution in [0, 0.1) is 13.8 Å². The zero-order chi connectivity index (χ0) is 36.3. The highest BCUT2D eigenvalue weighted by atomic mass is 31.3. The van der Waals surface area contributed by atoms with Crippen LogP contribution in [0.15, 0.2) is 41.8 Å². The highest BCUT2D eigenvalue weighted by Crippen LogP contribution is 2.67. The average molecular weight is 756 g/mol. The van der Waals surface area contributed by atoms with Crippen LogP contribution in [0.4, 0.5) is 0 Å². The van der Waals surface area contributed by atoms with Crippen molar-refractivity contribution in [1.29, 1.82) is 0 Å². The SMILES string of the molecule is Cc1cn([C@@H]2C[C@H](N=[N+]=[N-])[C@@H](COP(=O)(O)OP(=O)(O)OP(=O)(O)OC[C@H]3O[C@@H](n4cc(C)c(=O)[nH]c4=O)C[C@@H]3N=[N+]=[N-])O2)c(=O)[nH]c1=O. The number of hydrogen-bond donors (Lipinski definition) is 5. The molecule has 0 bridgehead atoms. The van der Waals surface area contributed by atoms with E-state index in [2.05, 4.69) is 47.7 Å². The molecule has 4 heterocycles. The predicted octanol–water partition coefficient (Wildman–Crippen LogP) is 1.00. The molecule has 0 aromatic carbocycles. The minimum atomic E-state index is -5.95. The number of rotatable bonds is 14. The summed E-state index contributed by atoms with van der Waals surface area (Å²) in [5.41, 5.74) is 15.0. The number of aromatic amines is 2. The molecule has 4 rings (SSSR count). The number of phosphoric ester groups is 2. The molecule has 0 saturated carbocycles. The van der Waals surface area contributed by atoms with Crippen LogP contribution in [0.3, 0.4) is 0 Å². The molecule has 2 aliphatic heterocycles. The Labute approximate surface area is 271 Å². The fourth-order valence-corrected chi connectivity index (χ4v) is 8.23. The molecule has 0 aliphatic carbocycles. The standard InChI is InChI=1S/C20H27N10O16P3/c1-9-5-29(19(33)23-17(9)31)15-3-11(25-27-21)13(43-15)7-41-47(35,36)45-49(39,40)46-48(37,38)42-8-14-12(26-28-22)4-16(44-14)30-6-10(2)18(32)24-20(30)34/h5-6,11-16H,3-4,7-8H2,1-2H3,(H,35,36)(H,37,38)(H,39,40)(H,23,31,33)(H,24,32,34)/t11-,12-,13+,14+,15-,16+/m0/s1. The molecule has 268 valence electrons. The normalized spacial score (nSPS) is 27.3. The summed E-state index contributed by atoms with van der Waals surface area (Å²) < 4.78 is 67.8. The Bertz CT molecular complexity index is 1930. The van der Waals surface area contributed by atoms with E-state index in [4.69, 9.17) is 20.5 Å². The fraction of sp³-hybridized carbons (Fsp3) is 0.600. The van der Waals surface area contributed by atoms with Crippen molar-refractivity contribution in [2.45, 2.75) is 63.4 Å². The van der Waals surface area contributed by atoms with Gasteiger partial charge in [-0.3, -0.25) is 37.7 Å². The maximum absolute atomic E-state index is 12.5. The second kappa shape index (κ2) is 15.1. The summed E-state index contributed by atoms with van der Waals surface area (Å²) in [5, 5.41) is 6.94. The van der Waals surface area contributed by atoms with Gasteiger partial charge < -0.3 is 24.2 Å². The van der Waals surface area contributed by atoms with Crippen molar-refractivity contribution in [2.75, 3.05) is 13.2 Å². The fourth-order valence-electron chi connectivity index (χ4n) is 4.71. The molecular weight excluding hydrogens is 729 g/mol. The molecule has 2 saturated heterocycles. The number of H-pyrrole nitrogens is 2. The molecule has 49 heavy (non-hydrogen) atoms. The van der Waals surface area contributed by atoms with Crippen LogP contribution in [-0.4, -0.2) is 71.3 Å². The van der Waals surface area contributed by atoms with Gasteiger partial charge in [-0.1, -0.05) is 10.2 Å². The van der Waals surface area contributed by atoms with E-state index >= 15 is 0 Å². The highest BCUT2D eigenvalue weighted by molar-refractivity contribution is 7.66. The highest BCUT2D eigenvalue weighted by Gasteiger charge is 2.45. The van der Waals surface area contributed by atoms with Gasteiger partial charge in [0.15, 0.2) is 0 Å². The van der Waals surface area contributed by atoms with Gasteiger partial charge in [0, 0.05) is 46.2 Å². The monoisotopic (exact) mass is 756 g/mol. The molecule has 0 radical (unpaired) electrons. The molecule has 0 spiro atoms. The van der Waals surface area contributed by atoms with Crippen LogP contribution in [0.2, 0.25) is 0 Å². The first-order valence-electron chi connectivity index (χ1n) is 13.6. The van der Waals surface area contributed by atoms with Gasteiger partial charge in [0.05, 0.1) is 37.5 Å². The summed E-state index contributed by atoms with van der Waals surface area (Å²) >= 11 is 0. The van der Waals surface area contributed by atoms with Gasteiger partial charge in [0.2, 0.25) is 0 Å². The molecular formula is C20H27N10O16P3. The lowest BCUT2D eigenvalue weighted by atomic mass is 10.1. The Morgan fingerprint density at radius 1 is 0.776 bits per heavy atom. The first-order valence-corrected chi connectivity index (χ1v) is 18.1. The second-order valence-corrected chi connectivity index (χ2v) is 15.0. The second-order valence-electron chi connectivity index (χ2n) is 10.4. The molecule has 9 atom stereocenters. The van der Waals surface area contributed by atoms with Gasteiger partial charge in [-0.05, 0) is 24.9 Å². The number of nitrogens with one attached hydrogen (secondary N) is 2. The van der Waals surface area contributed by atoms with Crippen molar-refractivity contribution in [3.63, 3.8) is 0 Å². The van der Waals surface area contributed by atoms with Gasteiger partial charge in [-0.25, -0.2) is 23.3 Å². The van der Waals surface area contributed by atoms with E-state index in [1.54, 1.807) is 0 Å². The van der Waals surface area contributed by atoms with Gasteiger partial charge >= 0.3 is 34.8 Å².